The molecule has 0 rings (SSSR count). The largest absolute Gasteiger partial charge is 0.382 e. The third-order valence-electron chi connectivity index (χ3n) is 2.73. The van der Waals surface area contributed by atoms with Crippen LogP contribution < -0.4 is 0 Å². The summed E-state index contributed by atoms with van der Waals surface area (Å²) < 4.78 is 47.6. The van der Waals surface area contributed by atoms with Gasteiger partial charge in [-0.15, -0.1) is 0 Å². The number of ether oxygens (including phenoxy) is 6. The molecular formula is C15H33O9PS. The molecule has 0 atom stereocenters. The van der Waals surface area contributed by atoms with Crippen LogP contribution in [0, 0.1) is 0 Å². The van der Waals surface area contributed by atoms with Crippen LogP contribution in [0.25, 0.3) is 0 Å². The molecule has 0 bridgehead atoms. The first-order chi connectivity index (χ1) is 12.7. The van der Waals surface area contributed by atoms with E-state index in [0.717, 1.165) is 0 Å². The summed E-state index contributed by atoms with van der Waals surface area (Å²) in [4.78, 5) is 0. The molecule has 0 aromatic heterocycles. The van der Waals surface area contributed by atoms with Gasteiger partial charge in [-0.1, -0.05) is 0 Å². The highest BCUT2D eigenvalue weighted by molar-refractivity contribution is 8.07. The van der Waals surface area contributed by atoms with Crippen molar-refractivity contribution in [3.63, 3.8) is 0 Å². The lowest BCUT2D eigenvalue weighted by Gasteiger charge is -2.22. The zero-order chi connectivity index (χ0) is 19.3. The smallest absolute Gasteiger partial charge is 0.327 e. The predicted molar refractivity (Wildman–Crippen MR) is 100 cm³/mol. The van der Waals surface area contributed by atoms with Crippen molar-refractivity contribution in [2.45, 2.75) is 0 Å². The van der Waals surface area contributed by atoms with Crippen molar-refractivity contribution in [3.05, 3.63) is 0 Å². The molecule has 0 aromatic carbocycles. The maximum absolute atomic E-state index is 5.62. The third kappa shape index (κ3) is 17.7. The standard InChI is InChI=1S/C15H33O9PS/c1-16-4-7-19-10-13-22-25(26,23-14-11-20-8-5-17-2)24-15-12-21-9-6-18-3/h4-15H2,1-3H3. The minimum absolute atomic E-state index is 0.274. The molecule has 0 aromatic rings. The lowest BCUT2D eigenvalue weighted by atomic mass is 10.7. The quantitative estimate of drug-likeness (QED) is 0.200. The Hall–Kier alpha value is 0.290. The van der Waals surface area contributed by atoms with E-state index in [2.05, 4.69) is 0 Å². The van der Waals surface area contributed by atoms with Crippen LogP contribution in [0.15, 0.2) is 0 Å². The first kappa shape index (κ1) is 26.3. The molecule has 0 unspecified atom stereocenters. The molecule has 26 heavy (non-hydrogen) atoms. The van der Waals surface area contributed by atoms with Crippen molar-refractivity contribution in [1.82, 2.24) is 0 Å². The van der Waals surface area contributed by atoms with Gasteiger partial charge in [0.15, 0.2) is 0 Å². The summed E-state index contributed by atoms with van der Waals surface area (Å²) in [7, 11) is 4.85. The van der Waals surface area contributed by atoms with Gasteiger partial charge in [0.1, 0.15) is 0 Å². The van der Waals surface area contributed by atoms with Crippen LogP contribution in [0.4, 0.5) is 0 Å². The molecule has 0 radical (unpaired) electrons. The maximum Gasteiger partial charge on any atom is 0.327 e. The fourth-order valence-electron chi connectivity index (χ4n) is 1.47. The zero-order valence-corrected chi connectivity index (χ0v) is 17.7. The van der Waals surface area contributed by atoms with Gasteiger partial charge < -0.3 is 42.0 Å². The summed E-state index contributed by atoms with van der Waals surface area (Å²) in [6.07, 6.45) is 0. The summed E-state index contributed by atoms with van der Waals surface area (Å²) in [5.41, 5.74) is 0. The molecule has 158 valence electrons. The van der Waals surface area contributed by atoms with Crippen LogP contribution in [0.2, 0.25) is 0 Å². The van der Waals surface area contributed by atoms with Crippen molar-refractivity contribution < 1.29 is 42.0 Å². The van der Waals surface area contributed by atoms with Crippen LogP contribution in [-0.2, 0) is 53.8 Å². The fourth-order valence-corrected chi connectivity index (χ4v) is 3.26. The number of rotatable bonds is 21. The first-order valence-corrected chi connectivity index (χ1v) is 11.0. The molecule has 9 nitrogen and oxygen atoms in total. The molecule has 0 heterocycles. The number of hydrogen-bond acceptors (Lipinski definition) is 10. The van der Waals surface area contributed by atoms with Gasteiger partial charge >= 0.3 is 6.72 Å². The second kappa shape index (κ2) is 20.0. The highest BCUT2D eigenvalue weighted by atomic mass is 32.5. The molecule has 0 N–H and O–H groups in total. The van der Waals surface area contributed by atoms with Gasteiger partial charge in [-0.3, -0.25) is 0 Å². The van der Waals surface area contributed by atoms with E-state index in [-0.39, 0.29) is 19.8 Å². The Morgan fingerprint density at radius 3 is 1.00 bits per heavy atom. The summed E-state index contributed by atoms with van der Waals surface area (Å²) >= 11 is 5.41. The lowest BCUT2D eigenvalue weighted by molar-refractivity contribution is 0.0263. The van der Waals surface area contributed by atoms with Crippen LogP contribution in [0.3, 0.4) is 0 Å². The van der Waals surface area contributed by atoms with Crippen LogP contribution >= 0.6 is 6.72 Å². The summed E-state index contributed by atoms with van der Waals surface area (Å²) in [6.45, 7) is 2.12. The minimum Gasteiger partial charge on any atom is -0.382 e. The van der Waals surface area contributed by atoms with Gasteiger partial charge in [0.2, 0.25) is 0 Å². The van der Waals surface area contributed by atoms with Gasteiger partial charge in [0.25, 0.3) is 0 Å². The van der Waals surface area contributed by atoms with E-state index < -0.39 is 6.72 Å². The second-order valence-electron chi connectivity index (χ2n) is 4.76. The van der Waals surface area contributed by atoms with Crippen molar-refractivity contribution in [2.24, 2.45) is 0 Å². The highest BCUT2D eigenvalue weighted by Crippen LogP contribution is 2.49. The van der Waals surface area contributed by atoms with Crippen LogP contribution in [-0.4, -0.2) is 101 Å². The molecule has 0 saturated heterocycles. The first-order valence-electron chi connectivity index (χ1n) is 8.42. The van der Waals surface area contributed by atoms with Gasteiger partial charge in [0, 0.05) is 21.3 Å². The molecule has 0 spiro atoms. The summed E-state index contributed by atoms with van der Waals surface area (Å²) in [5.74, 6) is 0. The van der Waals surface area contributed by atoms with Crippen LogP contribution in [0.5, 0.6) is 0 Å². The van der Waals surface area contributed by atoms with E-state index in [9.17, 15) is 0 Å². The maximum atomic E-state index is 5.62. The van der Waals surface area contributed by atoms with Gasteiger partial charge in [-0.05, 0) is 11.8 Å². The molecule has 0 saturated carbocycles. The number of hydrogen-bond donors (Lipinski definition) is 0. The topological polar surface area (TPSA) is 83.1 Å². The molecule has 0 amide bonds. The van der Waals surface area contributed by atoms with Crippen molar-refractivity contribution in [3.8, 4) is 0 Å². The Labute approximate surface area is 161 Å². The summed E-state index contributed by atoms with van der Waals surface area (Å²) in [5, 5.41) is 0. The molecule has 0 aliphatic heterocycles. The normalized spacial score (nSPS) is 12.0. The Balaban J connectivity index is 4.04. The lowest BCUT2D eigenvalue weighted by Crippen LogP contribution is -2.13. The molecule has 0 aliphatic rings. The van der Waals surface area contributed by atoms with E-state index in [4.69, 9.17) is 53.8 Å². The third-order valence-corrected chi connectivity index (χ3v) is 5.17. The number of methoxy groups -OCH3 is 3. The van der Waals surface area contributed by atoms with E-state index in [1.807, 2.05) is 0 Å². The molecule has 0 aliphatic carbocycles. The van der Waals surface area contributed by atoms with Gasteiger partial charge in [-0.2, -0.15) is 0 Å². The van der Waals surface area contributed by atoms with E-state index in [0.29, 0.717) is 59.5 Å². The Morgan fingerprint density at radius 2 is 0.731 bits per heavy atom. The minimum atomic E-state index is -2.89. The SMILES string of the molecule is COCCOCCOP(=S)(OCCOCCOC)OCCOCCOC. The van der Waals surface area contributed by atoms with Crippen molar-refractivity contribution >= 4 is 18.5 Å². The van der Waals surface area contributed by atoms with E-state index >= 15 is 0 Å². The van der Waals surface area contributed by atoms with Gasteiger partial charge in [0.05, 0.1) is 79.3 Å². The van der Waals surface area contributed by atoms with E-state index in [1.165, 1.54) is 0 Å². The highest BCUT2D eigenvalue weighted by Gasteiger charge is 2.20. The van der Waals surface area contributed by atoms with Crippen LogP contribution in [0.1, 0.15) is 0 Å². The monoisotopic (exact) mass is 420 g/mol. The van der Waals surface area contributed by atoms with Crippen molar-refractivity contribution in [1.29, 1.82) is 0 Å². The molecule has 11 heteroatoms. The van der Waals surface area contributed by atoms with E-state index in [1.54, 1.807) is 21.3 Å². The summed E-state index contributed by atoms with van der Waals surface area (Å²) in [6, 6.07) is 0. The zero-order valence-electron chi connectivity index (χ0n) is 16.0. The Bertz CT molecular complexity index is 289. The molecular weight excluding hydrogens is 387 g/mol. The fraction of sp³-hybridized carbons (Fsp3) is 1.00. The second-order valence-corrected chi connectivity index (χ2v) is 7.77. The average Bonchev–Trinajstić information content (AvgIpc) is 2.64. The van der Waals surface area contributed by atoms with Crippen molar-refractivity contribution in [2.75, 3.05) is 101 Å². The van der Waals surface area contributed by atoms with Gasteiger partial charge in [-0.25, -0.2) is 0 Å². The Morgan fingerprint density at radius 1 is 0.462 bits per heavy atom. The molecule has 0 fully saturated rings. The predicted octanol–water partition coefficient (Wildman–Crippen LogP) is 1.25. The Kier molecular flexibility index (Phi) is 20.3. The average molecular weight is 420 g/mol.